The van der Waals surface area contributed by atoms with Crippen molar-refractivity contribution in [1.29, 1.82) is 0 Å². The van der Waals surface area contributed by atoms with E-state index >= 15 is 0 Å². The zero-order chi connectivity index (χ0) is 18.1. The fourth-order valence-electron chi connectivity index (χ4n) is 2.81. The SMILES string of the molecule is C=CCn1c(C)cc(C(=O)CSc2nc3sccc3c(=O)n2C)c1C. The second kappa shape index (κ2) is 7.01. The second-order valence-corrected chi connectivity index (χ2v) is 7.63. The fraction of sp³-hybridized carbons (Fsp3) is 0.278. The Hall–Kier alpha value is -2.12. The highest BCUT2D eigenvalue weighted by Gasteiger charge is 2.17. The van der Waals surface area contributed by atoms with Crippen LogP contribution in [0.2, 0.25) is 0 Å². The van der Waals surface area contributed by atoms with Crippen LogP contribution < -0.4 is 5.56 Å². The summed E-state index contributed by atoms with van der Waals surface area (Å²) < 4.78 is 3.57. The molecule has 3 rings (SSSR count). The lowest BCUT2D eigenvalue weighted by Gasteiger charge is -2.07. The first-order valence-corrected chi connectivity index (χ1v) is 9.68. The van der Waals surface area contributed by atoms with E-state index in [1.165, 1.54) is 27.7 Å². The van der Waals surface area contributed by atoms with Crippen LogP contribution in [0.1, 0.15) is 21.7 Å². The zero-order valence-corrected chi connectivity index (χ0v) is 16.0. The van der Waals surface area contributed by atoms with Crippen LogP contribution in [0.5, 0.6) is 0 Å². The van der Waals surface area contributed by atoms with E-state index in [0.29, 0.717) is 27.5 Å². The maximum absolute atomic E-state index is 12.6. The highest BCUT2D eigenvalue weighted by molar-refractivity contribution is 7.99. The van der Waals surface area contributed by atoms with Crippen molar-refractivity contribution in [3.63, 3.8) is 0 Å². The van der Waals surface area contributed by atoms with E-state index < -0.39 is 0 Å². The molecule has 0 bridgehead atoms. The maximum Gasteiger partial charge on any atom is 0.262 e. The van der Waals surface area contributed by atoms with Gasteiger partial charge >= 0.3 is 0 Å². The number of carbonyl (C=O) groups excluding carboxylic acids is 1. The number of nitrogens with zero attached hydrogens (tertiary/aromatic N) is 3. The van der Waals surface area contributed by atoms with Crippen LogP contribution in [-0.4, -0.2) is 25.7 Å². The summed E-state index contributed by atoms with van der Waals surface area (Å²) in [4.78, 5) is 30.2. The van der Waals surface area contributed by atoms with Gasteiger partial charge < -0.3 is 4.57 Å². The number of rotatable bonds is 6. The van der Waals surface area contributed by atoms with Gasteiger partial charge in [0.1, 0.15) is 4.83 Å². The Labute approximate surface area is 154 Å². The maximum atomic E-state index is 12.6. The number of hydrogen-bond acceptors (Lipinski definition) is 5. The summed E-state index contributed by atoms with van der Waals surface area (Å²) in [5.41, 5.74) is 2.62. The van der Waals surface area contributed by atoms with Gasteiger partial charge in [-0.25, -0.2) is 4.98 Å². The van der Waals surface area contributed by atoms with Crippen LogP contribution in [0.15, 0.2) is 40.1 Å². The monoisotopic (exact) mass is 373 g/mol. The number of aryl methyl sites for hydroxylation is 1. The molecule has 0 saturated carbocycles. The average molecular weight is 374 g/mol. The third-order valence-electron chi connectivity index (χ3n) is 4.18. The van der Waals surface area contributed by atoms with E-state index in [0.717, 1.165) is 11.4 Å². The quantitative estimate of drug-likeness (QED) is 0.287. The van der Waals surface area contributed by atoms with Crippen LogP contribution in [0, 0.1) is 13.8 Å². The molecule has 0 amide bonds. The van der Waals surface area contributed by atoms with E-state index in [1.54, 1.807) is 13.1 Å². The van der Waals surface area contributed by atoms with Crippen LogP contribution in [0.4, 0.5) is 0 Å². The molecule has 0 aromatic carbocycles. The molecule has 130 valence electrons. The van der Waals surface area contributed by atoms with Crippen LogP contribution >= 0.6 is 23.1 Å². The molecule has 7 heteroatoms. The van der Waals surface area contributed by atoms with Crippen molar-refractivity contribution in [2.75, 3.05) is 5.75 Å². The third kappa shape index (κ3) is 3.21. The topological polar surface area (TPSA) is 56.9 Å². The van der Waals surface area contributed by atoms with Crippen LogP contribution in [0.25, 0.3) is 10.2 Å². The van der Waals surface area contributed by atoms with Gasteiger partial charge in [0.25, 0.3) is 5.56 Å². The van der Waals surface area contributed by atoms with Crippen molar-refractivity contribution in [3.05, 3.63) is 57.5 Å². The lowest BCUT2D eigenvalue weighted by atomic mass is 10.2. The van der Waals surface area contributed by atoms with E-state index in [4.69, 9.17) is 0 Å². The molecule has 0 aliphatic heterocycles. The Bertz CT molecular complexity index is 1030. The minimum Gasteiger partial charge on any atom is -0.345 e. The smallest absolute Gasteiger partial charge is 0.262 e. The molecule has 3 aromatic heterocycles. The predicted molar refractivity (Wildman–Crippen MR) is 104 cm³/mol. The van der Waals surface area contributed by atoms with E-state index in [2.05, 4.69) is 16.1 Å². The summed E-state index contributed by atoms with van der Waals surface area (Å²) in [6.07, 6.45) is 1.82. The lowest BCUT2D eigenvalue weighted by Crippen LogP contribution is -2.19. The average Bonchev–Trinajstić information content (AvgIpc) is 3.16. The van der Waals surface area contributed by atoms with Gasteiger partial charge in [-0.15, -0.1) is 17.9 Å². The highest BCUT2D eigenvalue weighted by Crippen LogP contribution is 2.23. The molecule has 0 N–H and O–H groups in total. The van der Waals surface area contributed by atoms with Crippen molar-refractivity contribution in [1.82, 2.24) is 14.1 Å². The first kappa shape index (κ1) is 17.7. The van der Waals surface area contributed by atoms with Crippen molar-refractivity contribution < 1.29 is 4.79 Å². The number of carbonyl (C=O) groups is 1. The number of hydrogen-bond donors (Lipinski definition) is 0. The molecular weight excluding hydrogens is 354 g/mol. The number of aromatic nitrogens is 3. The summed E-state index contributed by atoms with van der Waals surface area (Å²) in [7, 11) is 1.69. The van der Waals surface area contributed by atoms with Gasteiger partial charge in [-0.1, -0.05) is 17.8 Å². The van der Waals surface area contributed by atoms with Crippen molar-refractivity contribution in [2.24, 2.45) is 7.05 Å². The highest BCUT2D eigenvalue weighted by atomic mass is 32.2. The minimum atomic E-state index is -0.0784. The Morgan fingerprint density at radius 3 is 2.92 bits per heavy atom. The molecule has 0 saturated heterocycles. The Kier molecular flexibility index (Phi) is 4.96. The third-order valence-corrected chi connectivity index (χ3v) is 6.02. The molecule has 0 fully saturated rings. The molecule has 3 aromatic rings. The second-order valence-electron chi connectivity index (χ2n) is 5.79. The zero-order valence-electron chi connectivity index (χ0n) is 14.4. The molecule has 25 heavy (non-hydrogen) atoms. The van der Waals surface area contributed by atoms with Crippen LogP contribution in [0.3, 0.4) is 0 Å². The molecule has 0 atom stereocenters. The van der Waals surface area contributed by atoms with E-state index in [1.807, 2.05) is 31.4 Å². The number of fused-ring (bicyclic) bond motifs is 1. The molecule has 0 spiro atoms. The standard InChI is InChI=1S/C18H19N3O2S2/c1-5-7-21-11(2)9-14(12(21)3)15(22)10-25-18-19-16-13(6-8-24-16)17(23)20(18)4/h5-6,8-9H,1,7,10H2,2-4H3. The summed E-state index contributed by atoms with van der Waals surface area (Å²) in [5.74, 6) is 0.282. The summed E-state index contributed by atoms with van der Waals surface area (Å²) in [5, 5.41) is 3.04. The Balaban J connectivity index is 1.84. The molecule has 0 unspecified atom stereocenters. The van der Waals surface area contributed by atoms with Gasteiger partial charge in [-0.2, -0.15) is 0 Å². The Morgan fingerprint density at radius 1 is 1.44 bits per heavy atom. The molecular formula is C18H19N3O2S2. The van der Waals surface area contributed by atoms with Crippen molar-refractivity contribution >= 4 is 39.1 Å². The van der Waals surface area contributed by atoms with E-state index in [9.17, 15) is 9.59 Å². The number of allylic oxidation sites excluding steroid dienone is 1. The molecule has 0 radical (unpaired) electrons. The molecule has 3 heterocycles. The minimum absolute atomic E-state index is 0.0361. The van der Waals surface area contributed by atoms with Gasteiger partial charge in [0.2, 0.25) is 0 Å². The number of ketones is 1. The van der Waals surface area contributed by atoms with E-state index in [-0.39, 0.29) is 17.1 Å². The number of thiophene rings is 1. The summed E-state index contributed by atoms with van der Waals surface area (Å²) >= 11 is 2.73. The normalized spacial score (nSPS) is 11.2. The first-order chi connectivity index (χ1) is 11.9. The van der Waals surface area contributed by atoms with Gasteiger partial charge in [0.15, 0.2) is 10.9 Å². The van der Waals surface area contributed by atoms with Crippen molar-refractivity contribution in [2.45, 2.75) is 25.5 Å². The lowest BCUT2D eigenvalue weighted by molar-refractivity contribution is 0.102. The van der Waals surface area contributed by atoms with Gasteiger partial charge in [-0.05, 0) is 31.4 Å². The molecule has 5 nitrogen and oxygen atoms in total. The van der Waals surface area contributed by atoms with Gasteiger partial charge in [0, 0.05) is 30.5 Å². The van der Waals surface area contributed by atoms with Crippen LogP contribution in [-0.2, 0) is 13.6 Å². The van der Waals surface area contributed by atoms with Gasteiger partial charge in [0.05, 0.1) is 11.1 Å². The number of thioether (sulfide) groups is 1. The summed E-state index contributed by atoms with van der Waals surface area (Å²) in [6, 6.07) is 3.69. The van der Waals surface area contributed by atoms with Crippen molar-refractivity contribution in [3.8, 4) is 0 Å². The predicted octanol–water partition coefficient (Wildman–Crippen LogP) is 3.57. The molecule has 0 aliphatic carbocycles. The number of Topliss-reactive ketones (excluding diaryl/α,β-unsaturated/α-hetero) is 1. The Morgan fingerprint density at radius 2 is 2.20 bits per heavy atom. The molecule has 0 aliphatic rings. The first-order valence-electron chi connectivity index (χ1n) is 7.82. The fourth-order valence-corrected chi connectivity index (χ4v) is 4.47. The van der Waals surface area contributed by atoms with Gasteiger partial charge in [-0.3, -0.25) is 14.2 Å². The summed E-state index contributed by atoms with van der Waals surface area (Å²) in [6.45, 7) is 8.37. The largest absolute Gasteiger partial charge is 0.345 e.